The van der Waals surface area contributed by atoms with Crippen LogP contribution in [-0.4, -0.2) is 24.2 Å². The summed E-state index contributed by atoms with van der Waals surface area (Å²) in [5.41, 5.74) is 3.08. The Morgan fingerprint density at radius 3 is 2.67 bits per heavy atom. The van der Waals surface area contributed by atoms with E-state index in [1.807, 2.05) is 31.2 Å². The average molecular weight is 382 g/mol. The Morgan fingerprint density at radius 1 is 1.07 bits per heavy atom. The van der Waals surface area contributed by atoms with Crippen LogP contribution in [0, 0.1) is 6.92 Å². The summed E-state index contributed by atoms with van der Waals surface area (Å²) in [5.74, 6) is 0.866. The van der Waals surface area contributed by atoms with E-state index < -0.39 is 0 Å². The van der Waals surface area contributed by atoms with Gasteiger partial charge in [-0.3, -0.25) is 9.59 Å². The van der Waals surface area contributed by atoms with E-state index in [-0.39, 0.29) is 11.8 Å². The molecule has 0 atom stereocenters. The highest BCUT2D eigenvalue weighted by molar-refractivity contribution is 8.04. The van der Waals surface area contributed by atoms with Gasteiger partial charge in [0.2, 0.25) is 0 Å². The fraction of sp³-hybridized carbons (Fsp3) is 0.238. The van der Waals surface area contributed by atoms with E-state index in [2.05, 4.69) is 10.6 Å². The van der Waals surface area contributed by atoms with Crippen molar-refractivity contribution in [1.29, 1.82) is 0 Å². The summed E-state index contributed by atoms with van der Waals surface area (Å²) >= 11 is 1.46. The summed E-state index contributed by atoms with van der Waals surface area (Å²) in [6.45, 7) is 4.82. The number of rotatable bonds is 5. The lowest BCUT2D eigenvalue weighted by molar-refractivity contribution is -0.112. The SMILES string of the molecule is CC1=C(C(=O)Nc2ccccc2C(=O)NCc2cccc(C)c2)SCCO1. The molecule has 0 fully saturated rings. The molecule has 2 aromatic rings. The molecule has 1 aliphatic rings. The maximum absolute atomic E-state index is 12.6. The zero-order valence-electron chi connectivity index (χ0n) is 15.4. The number of nitrogens with one attached hydrogen (secondary N) is 2. The lowest BCUT2D eigenvalue weighted by Crippen LogP contribution is -2.25. The normalized spacial score (nSPS) is 13.7. The number of hydrogen-bond acceptors (Lipinski definition) is 4. The molecule has 1 aliphatic heterocycles. The molecule has 0 aliphatic carbocycles. The predicted octanol–water partition coefficient (Wildman–Crippen LogP) is 3.86. The first-order valence-corrected chi connectivity index (χ1v) is 9.74. The second kappa shape index (κ2) is 8.77. The Balaban J connectivity index is 1.71. The van der Waals surface area contributed by atoms with Gasteiger partial charge in [0, 0.05) is 12.3 Å². The number of carbonyl (C=O) groups is 2. The number of aryl methyl sites for hydroxylation is 1. The molecule has 2 amide bonds. The molecule has 3 rings (SSSR count). The van der Waals surface area contributed by atoms with Gasteiger partial charge in [0.05, 0.1) is 17.9 Å². The molecule has 27 heavy (non-hydrogen) atoms. The summed E-state index contributed by atoms with van der Waals surface area (Å²) in [6.07, 6.45) is 0. The molecular weight excluding hydrogens is 360 g/mol. The lowest BCUT2D eigenvalue weighted by Gasteiger charge is -2.18. The van der Waals surface area contributed by atoms with Crippen LogP contribution in [0.1, 0.15) is 28.4 Å². The van der Waals surface area contributed by atoms with Crippen molar-refractivity contribution in [2.45, 2.75) is 20.4 Å². The van der Waals surface area contributed by atoms with Crippen LogP contribution in [0.15, 0.2) is 59.2 Å². The van der Waals surface area contributed by atoms with Gasteiger partial charge in [0.25, 0.3) is 11.8 Å². The van der Waals surface area contributed by atoms with Crippen molar-refractivity contribution >= 4 is 29.3 Å². The van der Waals surface area contributed by atoms with E-state index in [0.717, 1.165) is 16.9 Å². The van der Waals surface area contributed by atoms with Gasteiger partial charge < -0.3 is 15.4 Å². The molecule has 5 nitrogen and oxygen atoms in total. The minimum atomic E-state index is -0.254. The Hall–Kier alpha value is -2.73. The van der Waals surface area contributed by atoms with Crippen LogP contribution in [0.25, 0.3) is 0 Å². The molecule has 0 saturated heterocycles. The third kappa shape index (κ3) is 4.92. The van der Waals surface area contributed by atoms with E-state index in [0.29, 0.717) is 35.1 Å². The minimum absolute atomic E-state index is 0.231. The van der Waals surface area contributed by atoms with Crippen LogP contribution in [0.5, 0.6) is 0 Å². The summed E-state index contributed by atoms with van der Waals surface area (Å²) in [7, 11) is 0. The van der Waals surface area contributed by atoms with Crippen molar-refractivity contribution in [1.82, 2.24) is 5.32 Å². The van der Waals surface area contributed by atoms with Gasteiger partial charge in [0.15, 0.2) is 0 Å². The summed E-state index contributed by atoms with van der Waals surface area (Å²) in [6, 6.07) is 15.0. The predicted molar refractivity (Wildman–Crippen MR) is 109 cm³/mol. The quantitative estimate of drug-likeness (QED) is 0.824. The van der Waals surface area contributed by atoms with Crippen LogP contribution >= 0.6 is 11.8 Å². The van der Waals surface area contributed by atoms with Crippen molar-refractivity contribution in [3.05, 3.63) is 75.9 Å². The van der Waals surface area contributed by atoms with Gasteiger partial charge in [-0.05, 0) is 31.5 Å². The number of benzene rings is 2. The van der Waals surface area contributed by atoms with Gasteiger partial charge in [-0.25, -0.2) is 0 Å². The van der Waals surface area contributed by atoms with Crippen LogP contribution in [0.3, 0.4) is 0 Å². The van der Waals surface area contributed by atoms with Crippen LogP contribution in [0.4, 0.5) is 5.69 Å². The molecule has 0 aromatic heterocycles. The number of anilines is 1. The van der Waals surface area contributed by atoms with Gasteiger partial charge in [-0.1, -0.05) is 42.0 Å². The highest BCUT2D eigenvalue weighted by Crippen LogP contribution is 2.27. The Labute approximate surface area is 163 Å². The number of allylic oxidation sites excluding steroid dienone is 1. The third-order valence-corrected chi connectivity index (χ3v) is 5.26. The average Bonchev–Trinajstić information content (AvgIpc) is 2.67. The monoisotopic (exact) mass is 382 g/mol. The highest BCUT2D eigenvalue weighted by Gasteiger charge is 2.20. The van der Waals surface area contributed by atoms with Crippen LogP contribution in [0.2, 0.25) is 0 Å². The molecule has 2 aromatic carbocycles. The number of carbonyl (C=O) groups excluding carboxylic acids is 2. The summed E-state index contributed by atoms with van der Waals surface area (Å²) in [4.78, 5) is 25.8. The Kier molecular flexibility index (Phi) is 6.19. The molecule has 6 heteroatoms. The minimum Gasteiger partial charge on any atom is -0.496 e. The van der Waals surface area contributed by atoms with E-state index in [9.17, 15) is 9.59 Å². The largest absolute Gasteiger partial charge is 0.496 e. The number of para-hydroxylation sites is 1. The number of ether oxygens (including phenoxy) is 1. The van der Waals surface area contributed by atoms with Gasteiger partial charge >= 0.3 is 0 Å². The lowest BCUT2D eigenvalue weighted by atomic mass is 10.1. The summed E-state index contributed by atoms with van der Waals surface area (Å²) in [5, 5.41) is 5.75. The fourth-order valence-electron chi connectivity index (χ4n) is 2.80. The first-order chi connectivity index (χ1) is 13.0. The second-order valence-electron chi connectivity index (χ2n) is 6.25. The molecule has 0 unspecified atom stereocenters. The van der Waals surface area contributed by atoms with Crippen LogP contribution in [-0.2, 0) is 16.1 Å². The Morgan fingerprint density at radius 2 is 1.89 bits per heavy atom. The molecule has 2 N–H and O–H groups in total. The molecule has 0 spiro atoms. The molecule has 1 heterocycles. The third-order valence-electron chi connectivity index (χ3n) is 4.13. The second-order valence-corrected chi connectivity index (χ2v) is 7.36. The highest BCUT2D eigenvalue weighted by atomic mass is 32.2. The van der Waals surface area contributed by atoms with Crippen molar-refractivity contribution in [3.8, 4) is 0 Å². The maximum atomic E-state index is 12.6. The van der Waals surface area contributed by atoms with Crippen molar-refractivity contribution in [3.63, 3.8) is 0 Å². The van der Waals surface area contributed by atoms with E-state index in [1.165, 1.54) is 11.8 Å². The molecular formula is C21H22N2O3S. The van der Waals surface area contributed by atoms with Crippen molar-refractivity contribution < 1.29 is 14.3 Å². The first-order valence-electron chi connectivity index (χ1n) is 8.75. The smallest absolute Gasteiger partial charge is 0.265 e. The van der Waals surface area contributed by atoms with Crippen molar-refractivity contribution in [2.75, 3.05) is 17.7 Å². The van der Waals surface area contributed by atoms with Crippen LogP contribution < -0.4 is 10.6 Å². The standard InChI is InChI=1S/C21H22N2O3S/c1-14-6-5-7-16(12-14)13-22-20(24)17-8-3-4-9-18(17)23-21(25)19-15(2)26-10-11-27-19/h3-9,12H,10-11,13H2,1-2H3,(H,22,24)(H,23,25). The number of amides is 2. The first kappa shape index (κ1) is 19.0. The van der Waals surface area contributed by atoms with Gasteiger partial charge in [-0.2, -0.15) is 0 Å². The summed E-state index contributed by atoms with van der Waals surface area (Å²) < 4.78 is 5.44. The Bertz CT molecular complexity index is 893. The molecule has 140 valence electrons. The van der Waals surface area contributed by atoms with Gasteiger partial charge in [-0.15, -0.1) is 11.8 Å². The van der Waals surface area contributed by atoms with E-state index in [1.54, 1.807) is 31.2 Å². The maximum Gasteiger partial charge on any atom is 0.265 e. The molecule has 0 bridgehead atoms. The zero-order chi connectivity index (χ0) is 19.2. The fourth-order valence-corrected chi connectivity index (χ4v) is 3.62. The molecule has 0 radical (unpaired) electrons. The van der Waals surface area contributed by atoms with E-state index >= 15 is 0 Å². The van der Waals surface area contributed by atoms with Gasteiger partial charge in [0.1, 0.15) is 10.7 Å². The number of thioether (sulfide) groups is 1. The van der Waals surface area contributed by atoms with Crippen molar-refractivity contribution in [2.24, 2.45) is 0 Å². The zero-order valence-corrected chi connectivity index (χ0v) is 16.2. The van der Waals surface area contributed by atoms with E-state index in [4.69, 9.17) is 4.74 Å². The number of hydrogen-bond donors (Lipinski definition) is 2. The molecule has 0 saturated carbocycles. The topological polar surface area (TPSA) is 67.4 Å².